The lowest BCUT2D eigenvalue weighted by atomic mass is 9.80. The fourth-order valence-corrected chi connectivity index (χ4v) is 3.57. The maximum atomic E-state index is 12.5. The van der Waals surface area contributed by atoms with Crippen molar-refractivity contribution in [3.63, 3.8) is 0 Å². The number of carbonyl (C=O) groups is 3. The zero-order chi connectivity index (χ0) is 18.8. The molecule has 7 heteroatoms. The van der Waals surface area contributed by atoms with E-state index in [9.17, 15) is 14.4 Å². The second-order valence-electron chi connectivity index (χ2n) is 7.73. The summed E-state index contributed by atoms with van der Waals surface area (Å²) in [4.78, 5) is 38.8. The van der Waals surface area contributed by atoms with Gasteiger partial charge in [0.2, 0.25) is 0 Å². The van der Waals surface area contributed by atoms with E-state index in [2.05, 4.69) is 0 Å². The molecule has 2 saturated heterocycles. The molecule has 0 N–H and O–H groups in total. The second kappa shape index (κ2) is 7.32. The van der Waals surface area contributed by atoms with Crippen LogP contribution >= 0.6 is 0 Å². The zero-order valence-electron chi connectivity index (χ0n) is 15.8. The Balaban J connectivity index is 2.15. The van der Waals surface area contributed by atoms with Gasteiger partial charge in [-0.3, -0.25) is 9.59 Å². The first-order valence-electron chi connectivity index (χ1n) is 8.96. The number of hydrogen-bond donors (Lipinski definition) is 0. The Kier molecular flexibility index (Phi) is 5.76. The number of Topliss-reactive ketones (excluding diaryl/α,β-unsaturated/α-hetero) is 1. The van der Waals surface area contributed by atoms with Crippen molar-refractivity contribution in [3.05, 3.63) is 0 Å². The average molecular weight is 355 g/mol. The predicted octanol–water partition coefficient (Wildman–Crippen LogP) is 2.31. The number of likely N-dealkylation sites (tertiary alicyclic amines) is 1. The summed E-state index contributed by atoms with van der Waals surface area (Å²) in [5.74, 6) is -1.67. The highest BCUT2D eigenvalue weighted by Gasteiger charge is 2.57. The monoisotopic (exact) mass is 355 g/mol. The number of rotatable bonds is 2. The minimum atomic E-state index is -0.916. The predicted molar refractivity (Wildman–Crippen MR) is 90.1 cm³/mol. The zero-order valence-corrected chi connectivity index (χ0v) is 15.8. The van der Waals surface area contributed by atoms with Crippen LogP contribution in [-0.2, 0) is 23.8 Å². The smallest absolute Gasteiger partial charge is 0.410 e. The van der Waals surface area contributed by atoms with E-state index in [1.54, 1.807) is 18.7 Å². The van der Waals surface area contributed by atoms with Gasteiger partial charge >= 0.3 is 12.1 Å². The maximum absolute atomic E-state index is 12.5. The molecule has 1 spiro atoms. The molecule has 2 aliphatic rings. The number of amides is 1. The van der Waals surface area contributed by atoms with Crippen LogP contribution in [0.3, 0.4) is 0 Å². The largest absolute Gasteiger partial charge is 0.465 e. The van der Waals surface area contributed by atoms with Gasteiger partial charge in [0.1, 0.15) is 17.6 Å². The van der Waals surface area contributed by atoms with E-state index in [4.69, 9.17) is 14.2 Å². The molecule has 0 aliphatic carbocycles. The van der Waals surface area contributed by atoms with Gasteiger partial charge in [0.15, 0.2) is 5.78 Å². The van der Waals surface area contributed by atoms with Crippen LogP contribution in [0.4, 0.5) is 4.79 Å². The summed E-state index contributed by atoms with van der Waals surface area (Å²) >= 11 is 0. The Morgan fingerprint density at radius 1 is 1.28 bits per heavy atom. The van der Waals surface area contributed by atoms with Crippen molar-refractivity contribution in [1.82, 2.24) is 4.90 Å². The third kappa shape index (κ3) is 4.32. The van der Waals surface area contributed by atoms with Crippen molar-refractivity contribution in [2.24, 2.45) is 5.92 Å². The van der Waals surface area contributed by atoms with Crippen LogP contribution in [0.5, 0.6) is 0 Å². The Morgan fingerprint density at radius 3 is 2.56 bits per heavy atom. The number of ketones is 1. The molecule has 2 fully saturated rings. The molecule has 0 saturated carbocycles. The van der Waals surface area contributed by atoms with Gasteiger partial charge in [0.25, 0.3) is 0 Å². The van der Waals surface area contributed by atoms with Crippen molar-refractivity contribution in [3.8, 4) is 0 Å². The summed E-state index contributed by atoms with van der Waals surface area (Å²) in [5.41, 5.74) is -1.46. The molecule has 3 atom stereocenters. The number of nitrogens with zero attached hydrogens (tertiary/aromatic N) is 1. The fourth-order valence-electron chi connectivity index (χ4n) is 3.57. The molecule has 0 bridgehead atoms. The summed E-state index contributed by atoms with van der Waals surface area (Å²) in [6, 6.07) is 0. The lowest BCUT2D eigenvalue weighted by Crippen LogP contribution is -2.44. The van der Waals surface area contributed by atoms with Gasteiger partial charge in [0, 0.05) is 13.1 Å². The van der Waals surface area contributed by atoms with Gasteiger partial charge in [-0.15, -0.1) is 0 Å². The molecule has 7 nitrogen and oxygen atoms in total. The first-order valence-corrected chi connectivity index (χ1v) is 8.96. The van der Waals surface area contributed by atoms with E-state index in [1.165, 1.54) is 0 Å². The van der Waals surface area contributed by atoms with Crippen LogP contribution in [0, 0.1) is 5.92 Å². The molecular formula is C18H29NO6. The van der Waals surface area contributed by atoms with Gasteiger partial charge < -0.3 is 19.1 Å². The van der Waals surface area contributed by atoms with Crippen molar-refractivity contribution in [1.29, 1.82) is 0 Å². The van der Waals surface area contributed by atoms with Gasteiger partial charge in [0.05, 0.1) is 12.2 Å². The molecule has 2 heterocycles. The normalized spacial score (nSPS) is 30.3. The van der Waals surface area contributed by atoms with Crippen LogP contribution in [-0.4, -0.2) is 59.7 Å². The molecule has 1 unspecified atom stereocenters. The number of hydrogen-bond acceptors (Lipinski definition) is 6. The highest BCUT2D eigenvalue weighted by atomic mass is 16.6. The SMILES string of the molecule is CCOC(=O)C1C(=O)[C@H](C)O[C@@]12CCCN(C(=O)OC(C)(C)C)CC2. The highest BCUT2D eigenvalue weighted by molar-refractivity contribution is 6.04. The molecule has 0 aromatic heterocycles. The minimum Gasteiger partial charge on any atom is -0.465 e. The number of carbonyl (C=O) groups excluding carboxylic acids is 3. The summed E-state index contributed by atoms with van der Waals surface area (Å²) in [7, 11) is 0. The topological polar surface area (TPSA) is 82.1 Å². The Hall–Kier alpha value is -1.63. The Labute approximate surface area is 149 Å². The highest BCUT2D eigenvalue weighted by Crippen LogP contribution is 2.42. The fraction of sp³-hybridized carbons (Fsp3) is 0.833. The standard InChI is InChI=1S/C18H29NO6/c1-6-23-15(21)13-14(20)12(2)24-18(13)8-7-10-19(11-9-18)16(22)25-17(3,4)5/h12-13H,6-11H2,1-5H3/t12-,13?,18+/m0/s1. The number of ether oxygens (including phenoxy) is 3. The van der Waals surface area contributed by atoms with Gasteiger partial charge in [-0.05, 0) is 53.9 Å². The first-order chi connectivity index (χ1) is 11.6. The van der Waals surface area contributed by atoms with Crippen molar-refractivity contribution >= 4 is 17.8 Å². The average Bonchev–Trinajstić information content (AvgIpc) is 2.62. The molecule has 0 aromatic rings. The molecule has 2 aliphatic heterocycles. The molecule has 2 rings (SSSR count). The van der Waals surface area contributed by atoms with E-state index < -0.39 is 29.2 Å². The maximum Gasteiger partial charge on any atom is 0.410 e. The van der Waals surface area contributed by atoms with E-state index >= 15 is 0 Å². The molecular weight excluding hydrogens is 326 g/mol. The summed E-state index contributed by atoms with van der Waals surface area (Å²) < 4.78 is 16.5. The van der Waals surface area contributed by atoms with Crippen molar-refractivity contribution < 1.29 is 28.6 Å². The molecule has 0 aromatic carbocycles. The van der Waals surface area contributed by atoms with Crippen molar-refractivity contribution in [2.75, 3.05) is 19.7 Å². The van der Waals surface area contributed by atoms with E-state index in [0.717, 1.165) is 0 Å². The summed E-state index contributed by atoms with van der Waals surface area (Å²) in [6.45, 7) is 9.95. The van der Waals surface area contributed by atoms with E-state index in [-0.39, 0.29) is 18.5 Å². The van der Waals surface area contributed by atoms with Gasteiger partial charge in [-0.25, -0.2) is 4.79 Å². The summed E-state index contributed by atoms with van der Waals surface area (Å²) in [5, 5.41) is 0. The van der Waals surface area contributed by atoms with Crippen LogP contribution in [0.25, 0.3) is 0 Å². The third-order valence-corrected chi connectivity index (χ3v) is 4.63. The van der Waals surface area contributed by atoms with E-state index in [0.29, 0.717) is 32.4 Å². The quantitative estimate of drug-likeness (QED) is 0.558. The van der Waals surface area contributed by atoms with Crippen LogP contribution < -0.4 is 0 Å². The molecule has 25 heavy (non-hydrogen) atoms. The second-order valence-corrected chi connectivity index (χ2v) is 7.73. The third-order valence-electron chi connectivity index (χ3n) is 4.63. The van der Waals surface area contributed by atoms with Crippen LogP contribution in [0.1, 0.15) is 53.9 Å². The molecule has 0 radical (unpaired) electrons. The van der Waals surface area contributed by atoms with Gasteiger partial charge in [-0.1, -0.05) is 0 Å². The Bertz CT molecular complexity index is 540. The lowest BCUT2D eigenvalue weighted by Gasteiger charge is -2.31. The van der Waals surface area contributed by atoms with Crippen LogP contribution in [0.15, 0.2) is 0 Å². The van der Waals surface area contributed by atoms with Crippen LogP contribution in [0.2, 0.25) is 0 Å². The molecule has 142 valence electrons. The van der Waals surface area contributed by atoms with E-state index in [1.807, 2.05) is 20.8 Å². The lowest BCUT2D eigenvalue weighted by molar-refractivity contribution is -0.157. The minimum absolute atomic E-state index is 0.219. The molecule has 1 amide bonds. The van der Waals surface area contributed by atoms with Crippen molar-refractivity contribution in [2.45, 2.75) is 71.2 Å². The number of esters is 1. The Morgan fingerprint density at radius 2 is 1.96 bits per heavy atom. The first kappa shape index (κ1) is 19.7. The van der Waals surface area contributed by atoms with Gasteiger partial charge in [-0.2, -0.15) is 0 Å². The summed E-state index contributed by atoms with van der Waals surface area (Å²) in [6.07, 6.45) is 0.560.